The summed E-state index contributed by atoms with van der Waals surface area (Å²) in [4.78, 5) is 33.2. The van der Waals surface area contributed by atoms with E-state index in [4.69, 9.17) is 16.6 Å². The van der Waals surface area contributed by atoms with E-state index in [9.17, 15) is 14.0 Å². The average molecular weight is 486 g/mol. The number of hydrogen-bond acceptors (Lipinski definition) is 5. The molecule has 1 amide bonds. The van der Waals surface area contributed by atoms with Gasteiger partial charge in [-0.15, -0.1) is 0 Å². The highest BCUT2D eigenvalue weighted by Gasteiger charge is 2.23. The summed E-state index contributed by atoms with van der Waals surface area (Å²) >= 11 is 6.00. The maximum absolute atomic E-state index is 13.8. The van der Waals surface area contributed by atoms with Crippen LogP contribution in [0.1, 0.15) is 27.7 Å². The first-order valence-electron chi connectivity index (χ1n) is 11.4. The van der Waals surface area contributed by atoms with Crippen LogP contribution in [-0.4, -0.2) is 46.7 Å². The number of hydrogen-bond donors (Lipinski definition) is 2. The zero-order valence-corrected chi connectivity index (χ0v) is 20.5. The van der Waals surface area contributed by atoms with Gasteiger partial charge in [-0.2, -0.15) is 0 Å². The van der Waals surface area contributed by atoms with Gasteiger partial charge in [-0.3, -0.25) is 14.2 Å². The van der Waals surface area contributed by atoms with Crippen molar-refractivity contribution in [3.63, 3.8) is 0 Å². The SMILES string of the molecule is CC(C)NC(=O)Cn1c(-c2ccc(F)c(Cl)c2)nc2ccc(N3CC(C)NC(C)C3)cc2c1=O. The Bertz CT molecular complexity index is 1280. The molecule has 180 valence electrons. The third-order valence-electron chi connectivity index (χ3n) is 5.79. The van der Waals surface area contributed by atoms with E-state index in [-0.39, 0.29) is 34.9 Å². The number of nitrogens with zero attached hydrogens (tertiary/aromatic N) is 3. The second-order valence-electron chi connectivity index (χ2n) is 9.25. The van der Waals surface area contributed by atoms with Crippen molar-refractivity contribution in [2.45, 2.75) is 52.4 Å². The van der Waals surface area contributed by atoms with Crippen LogP contribution in [0.3, 0.4) is 0 Å². The summed E-state index contributed by atoms with van der Waals surface area (Å²) < 4.78 is 15.1. The van der Waals surface area contributed by atoms with Crippen LogP contribution >= 0.6 is 11.6 Å². The molecule has 0 bridgehead atoms. The normalized spacial score (nSPS) is 18.5. The summed E-state index contributed by atoms with van der Waals surface area (Å²) in [5.74, 6) is -0.620. The maximum atomic E-state index is 13.8. The highest BCUT2D eigenvalue weighted by molar-refractivity contribution is 6.31. The Morgan fingerprint density at radius 1 is 1.21 bits per heavy atom. The second-order valence-corrected chi connectivity index (χ2v) is 9.66. The summed E-state index contributed by atoms with van der Waals surface area (Å²) in [6.45, 7) is 9.39. The van der Waals surface area contributed by atoms with Crippen LogP contribution in [0.25, 0.3) is 22.3 Å². The molecule has 34 heavy (non-hydrogen) atoms. The predicted molar refractivity (Wildman–Crippen MR) is 134 cm³/mol. The number of carbonyl (C=O) groups is 1. The summed E-state index contributed by atoms with van der Waals surface area (Å²) in [6, 6.07) is 10.3. The first-order valence-corrected chi connectivity index (χ1v) is 11.8. The molecule has 2 aromatic carbocycles. The molecule has 2 heterocycles. The van der Waals surface area contributed by atoms with Crippen molar-refractivity contribution in [1.29, 1.82) is 0 Å². The van der Waals surface area contributed by atoms with Crippen molar-refractivity contribution < 1.29 is 9.18 Å². The Morgan fingerprint density at radius 3 is 2.56 bits per heavy atom. The summed E-state index contributed by atoms with van der Waals surface area (Å²) in [6.07, 6.45) is 0. The fourth-order valence-electron chi connectivity index (χ4n) is 4.46. The van der Waals surface area contributed by atoms with E-state index in [1.807, 2.05) is 32.0 Å². The number of nitrogens with one attached hydrogen (secondary N) is 2. The minimum absolute atomic E-state index is 0.0800. The lowest BCUT2D eigenvalue weighted by Crippen LogP contribution is -2.54. The van der Waals surface area contributed by atoms with Crippen molar-refractivity contribution in [3.8, 4) is 11.4 Å². The van der Waals surface area contributed by atoms with Gasteiger partial charge in [-0.1, -0.05) is 11.6 Å². The number of piperazine rings is 1. The van der Waals surface area contributed by atoms with Gasteiger partial charge in [0.25, 0.3) is 5.56 Å². The fraction of sp³-hybridized carbons (Fsp3) is 0.400. The Morgan fingerprint density at radius 2 is 1.91 bits per heavy atom. The quantitative estimate of drug-likeness (QED) is 0.577. The van der Waals surface area contributed by atoms with Gasteiger partial charge < -0.3 is 15.5 Å². The molecular weight excluding hydrogens is 457 g/mol. The van der Waals surface area contributed by atoms with E-state index in [1.54, 1.807) is 0 Å². The summed E-state index contributed by atoms with van der Waals surface area (Å²) in [7, 11) is 0. The van der Waals surface area contributed by atoms with Crippen LogP contribution in [0.5, 0.6) is 0 Å². The largest absolute Gasteiger partial charge is 0.368 e. The molecule has 2 N–H and O–H groups in total. The lowest BCUT2D eigenvalue weighted by atomic mass is 10.1. The van der Waals surface area contributed by atoms with E-state index < -0.39 is 5.82 Å². The van der Waals surface area contributed by atoms with Gasteiger partial charge >= 0.3 is 0 Å². The molecule has 3 aromatic rings. The highest BCUT2D eigenvalue weighted by atomic mass is 35.5. The zero-order chi connectivity index (χ0) is 24.6. The van der Waals surface area contributed by atoms with Crippen LogP contribution in [0.4, 0.5) is 10.1 Å². The van der Waals surface area contributed by atoms with Crippen molar-refractivity contribution in [2.24, 2.45) is 0 Å². The molecule has 1 aliphatic heterocycles. The molecule has 2 unspecified atom stereocenters. The molecule has 9 heteroatoms. The number of amides is 1. The number of anilines is 1. The minimum atomic E-state index is -0.568. The Hall–Kier alpha value is -2.97. The number of benzene rings is 2. The molecular formula is C25H29ClFN5O2. The van der Waals surface area contributed by atoms with Gasteiger partial charge in [0.1, 0.15) is 18.2 Å². The monoisotopic (exact) mass is 485 g/mol. The van der Waals surface area contributed by atoms with E-state index >= 15 is 0 Å². The predicted octanol–water partition coefficient (Wildman–Crippen LogP) is 3.57. The fourth-order valence-corrected chi connectivity index (χ4v) is 4.64. The van der Waals surface area contributed by atoms with Gasteiger partial charge in [0.2, 0.25) is 5.91 Å². The van der Waals surface area contributed by atoms with Crippen molar-refractivity contribution in [1.82, 2.24) is 20.2 Å². The molecule has 7 nitrogen and oxygen atoms in total. The number of rotatable bonds is 5. The molecule has 1 saturated heterocycles. The minimum Gasteiger partial charge on any atom is -0.368 e. The molecule has 1 fully saturated rings. The Labute approximate surface area is 202 Å². The van der Waals surface area contributed by atoms with Crippen LogP contribution in [0.2, 0.25) is 5.02 Å². The topological polar surface area (TPSA) is 79.3 Å². The third-order valence-corrected chi connectivity index (χ3v) is 6.08. The zero-order valence-electron chi connectivity index (χ0n) is 19.7. The van der Waals surface area contributed by atoms with Crippen molar-refractivity contribution in [3.05, 3.63) is 57.6 Å². The number of halogens is 2. The first kappa shape index (κ1) is 24.2. The number of fused-ring (bicyclic) bond motifs is 1. The van der Waals surface area contributed by atoms with Gasteiger partial charge in [-0.05, 0) is 64.1 Å². The van der Waals surface area contributed by atoms with Crippen LogP contribution in [0, 0.1) is 5.82 Å². The first-order chi connectivity index (χ1) is 16.1. The van der Waals surface area contributed by atoms with E-state index in [0.29, 0.717) is 28.6 Å². The number of carbonyl (C=O) groups excluding carboxylic acids is 1. The molecule has 0 spiro atoms. The second kappa shape index (κ2) is 9.72. The molecule has 1 aliphatic rings. The lowest BCUT2D eigenvalue weighted by Gasteiger charge is -2.37. The molecule has 0 radical (unpaired) electrons. The molecule has 1 aromatic heterocycles. The van der Waals surface area contributed by atoms with E-state index in [1.165, 1.54) is 22.8 Å². The van der Waals surface area contributed by atoms with Crippen LogP contribution in [0.15, 0.2) is 41.2 Å². The highest BCUT2D eigenvalue weighted by Crippen LogP contribution is 2.26. The van der Waals surface area contributed by atoms with Gasteiger partial charge in [0, 0.05) is 42.5 Å². The summed E-state index contributed by atoms with van der Waals surface area (Å²) in [5.41, 5.74) is 1.55. The molecule has 4 rings (SSSR count). The standard InChI is InChI=1S/C25H29ClFN5O2/c1-14(2)28-23(33)13-32-24(17-5-7-21(27)20(26)9-17)30-22-8-6-18(10-19(22)25(32)34)31-11-15(3)29-16(4)12-31/h5-10,14-16,29H,11-13H2,1-4H3,(H,28,33). The maximum Gasteiger partial charge on any atom is 0.262 e. The van der Waals surface area contributed by atoms with Gasteiger partial charge in [0.15, 0.2) is 0 Å². The third kappa shape index (κ3) is 5.08. The van der Waals surface area contributed by atoms with Crippen molar-refractivity contribution in [2.75, 3.05) is 18.0 Å². The van der Waals surface area contributed by atoms with Gasteiger partial charge in [-0.25, -0.2) is 9.37 Å². The van der Waals surface area contributed by atoms with Crippen LogP contribution in [-0.2, 0) is 11.3 Å². The average Bonchev–Trinajstić information content (AvgIpc) is 2.76. The van der Waals surface area contributed by atoms with Crippen LogP contribution < -0.4 is 21.1 Å². The Balaban J connectivity index is 1.85. The Kier molecular flexibility index (Phi) is 6.91. The number of aromatic nitrogens is 2. The molecule has 2 atom stereocenters. The molecule has 0 saturated carbocycles. The summed E-state index contributed by atoms with van der Waals surface area (Å²) in [5, 5.41) is 6.66. The smallest absolute Gasteiger partial charge is 0.262 e. The van der Waals surface area contributed by atoms with E-state index in [0.717, 1.165) is 18.8 Å². The lowest BCUT2D eigenvalue weighted by molar-refractivity contribution is -0.122. The van der Waals surface area contributed by atoms with Gasteiger partial charge in [0.05, 0.1) is 15.9 Å². The van der Waals surface area contributed by atoms with Crippen molar-refractivity contribution >= 4 is 34.1 Å². The van der Waals surface area contributed by atoms with E-state index in [2.05, 4.69) is 29.4 Å². The molecule has 0 aliphatic carbocycles.